The Hall–Kier alpha value is -1.95. The fraction of sp³-hybridized carbons (Fsp3) is 0.235. The van der Waals surface area contributed by atoms with Gasteiger partial charge in [0.1, 0.15) is 0 Å². The Morgan fingerprint density at radius 2 is 1.67 bits per heavy atom. The Balaban J connectivity index is 1.84. The summed E-state index contributed by atoms with van der Waals surface area (Å²) < 4.78 is 0. The minimum atomic E-state index is -0.844. The molecule has 0 saturated heterocycles. The number of allylic oxidation sites excluding steroid dienone is 2. The van der Waals surface area contributed by atoms with E-state index in [0.29, 0.717) is 12.2 Å². The molecule has 5 nitrogen and oxygen atoms in total. The van der Waals surface area contributed by atoms with Crippen LogP contribution >= 0.6 is 23.2 Å². The van der Waals surface area contributed by atoms with Crippen LogP contribution in [0.2, 0.25) is 10.6 Å². The SMILES string of the molecule is CN(C)c1ccc(C2=CCC(N)(c3nc(Cl)nc(Cl)n3)C=C2)cc1. The van der Waals surface area contributed by atoms with Crippen molar-refractivity contribution in [1.82, 2.24) is 15.0 Å². The fourth-order valence-corrected chi connectivity index (χ4v) is 2.88. The summed E-state index contributed by atoms with van der Waals surface area (Å²) in [5, 5.41) is 0.0783. The molecule has 1 atom stereocenters. The lowest BCUT2D eigenvalue weighted by atomic mass is 9.87. The van der Waals surface area contributed by atoms with Crippen LogP contribution in [-0.4, -0.2) is 29.0 Å². The van der Waals surface area contributed by atoms with Crippen LogP contribution in [0.5, 0.6) is 0 Å². The molecule has 1 aromatic heterocycles. The molecule has 1 aliphatic rings. The molecule has 24 heavy (non-hydrogen) atoms. The first kappa shape index (κ1) is 16.9. The predicted molar refractivity (Wildman–Crippen MR) is 98.2 cm³/mol. The van der Waals surface area contributed by atoms with Crippen molar-refractivity contribution in [3.8, 4) is 0 Å². The molecule has 0 aliphatic heterocycles. The van der Waals surface area contributed by atoms with Crippen molar-refractivity contribution >= 4 is 34.5 Å². The molecule has 124 valence electrons. The van der Waals surface area contributed by atoms with Crippen LogP contribution in [0, 0.1) is 0 Å². The second kappa shape index (κ2) is 6.51. The molecule has 0 saturated carbocycles. The van der Waals surface area contributed by atoms with Gasteiger partial charge in [-0.15, -0.1) is 0 Å². The highest BCUT2D eigenvalue weighted by atomic mass is 35.5. The van der Waals surface area contributed by atoms with Crippen LogP contribution in [0.4, 0.5) is 5.69 Å². The first-order chi connectivity index (χ1) is 11.4. The first-order valence-electron chi connectivity index (χ1n) is 7.41. The van der Waals surface area contributed by atoms with Crippen molar-refractivity contribution in [2.75, 3.05) is 19.0 Å². The van der Waals surface area contributed by atoms with Gasteiger partial charge < -0.3 is 10.6 Å². The molecule has 0 bridgehead atoms. The molecule has 0 amide bonds. The predicted octanol–water partition coefficient (Wildman–Crippen LogP) is 3.44. The van der Waals surface area contributed by atoms with Crippen LogP contribution in [0.3, 0.4) is 0 Å². The van der Waals surface area contributed by atoms with Crippen molar-refractivity contribution in [3.63, 3.8) is 0 Å². The van der Waals surface area contributed by atoms with Crippen LogP contribution in [-0.2, 0) is 5.54 Å². The van der Waals surface area contributed by atoms with Crippen molar-refractivity contribution < 1.29 is 0 Å². The molecule has 3 rings (SSSR count). The molecular formula is C17H17Cl2N5. The fourth-order valence-electron chi connectivity index (χ4n) is 2.52. The van der Waals surface area contributed by atoms with E-state index in [2.05, 4.69) is 50.2 Å². The van der Waals surface area contributed by atoms with Crippen molar-refractivity contribution in [3.05, 3.63) is 64.4 Å². The lowest BCUT2D eigenvalue weighted by Crippen LogP contribution is -2.37. The Bertz CT molecular complexity index is 794. The zero-order chi connectivity index (χ0) is 17.3. The third-order valence-electron chi connectivity index (χ3n) is 3.93. The average molecular weight is 362 g/mol. The van der Waals surface area contributed by atoms with Crippen LogP contribution in [0.1, 0.15) is 17.8 Å². The third kappa shape index (κ3) is 3.43. The highest BCUT2D eigenvalue weighted by Crippen LogP contribution is 2.31. The summed E-state index contributed by atoms with van der Waals surface area (Å²) in [7, 11) is 4.03. The van der Waals surface area contributed by atoms with Crippen molar-refractivity contribution in [2.24, 2.45) is 5.73 Å². The van der Waals surface area contributed by atoms with E-state index in [-0.39, 0.29) is 10.6 Å². The number of aromatic nitrogens is 3. The van der Waals surface area contributed by atoms with Gasteiger partial charge in [0.25, 0.3) is 0 Å². The van der Waals surface area contributed by atoms with Gasteiger partial charge in [-0.2, -0.15) is 4.98 Å². The summed E-state index contributed by atoms with van der Waals surface area (Å²) in [5.74, 6) is 0.363. The molecule has 1 heterocycles. The lowest BCUT2D eigenvalue weighted by molar-refractivity contribution is 0.524. The van der Waals surface area contributed by atoms with Gasteiger partial charge in [0.2, 0.25) is 10.6 Å². The highest BCUT2D eigenvalue weighted by molar-refractivity contribution is 6.31. The van der Waals surface area contributed by atoms with E-state index in [1.807, 2.05) is 26.2 Å². The molecule has 0 radical (unpaired) electrons. The monoisotopic (exact) mass is 361 g/mol. The van der Waals surface area contributed by atoms with Gasteiger partial charge in [0.05, 0.1) is 5.54 Å². The van der Waals surface area contributed by atoms with Gasteiger partial charge in [0.15, 0.2) is 5.82 Å². The van der Waals surface area contributed by atoms with E-state index in [4.69, 9.17) is 28.9 Å². The Morgan fingerprint density at radius 1 is 1.04 bits per heavy atom. The topological polar surface area (TPSA) is 67.9 Å². The summed E-state index contributed by atoms with van der Waals surface area (Å²) in [5.41, 5.74) is 8.96. The summed E-state index contributed by atoms with van der Waals surface area (Å²) in [6.07, 6.45) is 6.46. The van der Waals surface area contributed by atoms with Crippen LogP contribution in [0.15, 0.2) is 42.5 Å². The number of anilines is 1. The minimum absolute atomic E-state index is 0.0391. The largest absolute Gasteiger partial charge is 0.378 e. The molecule has 7 heteroatoms. The Labute approximate surface area is 150 Å². The van der Waals surface area contributed by atoms with Gasteiger partial charge in [-0.3, -0.25) is 0 Å². The highest BCUT2D eigenvalue weighted by Gasteiger charge is 2.30. The summed E-state index contributed by atoms with van der Waals surface area (Å²) in [4.78, 5) is 14.0. The molecule has 1 aromatic carbocycles. The normalized spacial score (nSPS) is 20.0. The minimum Gasteiger partial charge on any atom is -0.378 e. The van der Waals surface area contributed by atoms with Gasteiger partial charge in [-0.05, 0) is 52.9 Å². The summed E-state index contributed by atoms with van der Waals surface area (Å²) in [6.45, 7) is 0. The van der Waals surface area contributed by atoms with E-state index >= 15 is 0 Å². The van der Waals surface area contributed by atoms with Crippen LogP contribution in [0.25, 0.3) is 5.57 Å². The van der Waals surface area contributed by atoms with Crippen LogP contribution < -0.4 is 10.6 Å². The quantitative estimate of drug-likeness (QED) is 0.906. The Kier molecular flexibility index (Phi) is 4.58. The third-order valence-corrected chi connectivity index (χ3v) is 4.27. The molecule has 1 unspecified atom stereocenters. The first-order valence-corrected chi connectivity index (χ1v) is 8.16. The molecule has 0 fully saturated rings. The number of hydrogen-bond donors (Lipinski definition) is 1. The van der Waals surface area contributed by atoms with Gasteiger partial charge in [-0.25, -0.2) is 9.97 Å². The smallest absolute Gasteiger partial charge is 0.226 e. The van der Waals surface area contributed by atoms with Gasteiger partial charge in [-0.1, -0.05) is 30.4 Å². The second-order valence-electron chi connectivity index (χ2n) is 5.88. The number of nitrogens with two attached hydrogens (primary N) is 1. The number of rotatable bonds is 3. The van der Waals surface area contributed by atoms with E-state index in [1.165, 1.54) is 0 Å². The second-order valence-corrected chi connectivity index (χ2v) is 6.55. The van der Waals surface area contributed by atoms with E-state index in [9.17, 15) is 0 Å². The molecule has 2 aromatic rings. The maximum absolute atomic E-state index is 6.41. The molecule has 1 aliphatic carbocycles. The van der Waals surface area contributed by atoms with Gasteiger partial charge in [0, 0.05) is 19.8 Å². The Morgan fingerprint density at radius 3 is 2.17 bits per heavy atom. The molecular weight excluding hydrogens is 345 g/mol. The molecule has 0 spiro atoms. The molecule has 2 N–H and O–H groups in total. The van der Waals surface area contributed by atoms with E-state index in [0.717, 1.165) is 16.8 Å². The van der Waals surface area contributed by atoms with Gasteiger partial charge >= 0.3 is 0 Å². The number of hydrogen-bond acceptors (Lipinski definition) is 5. The zero-order valence-electron chi connectivity index (χ0n) is 13.4. The summed E-state index contributed by atoms with van der Waals surface area (Å²) in [6, 6.07) is 8.34. The van der Waals surface area contributed by atoms with E-state index in [1.54, 1.807) is 0 Å². The maximum atomic E-state index is 6.41. The maximum Gasteiger partial charge on any atom is 0.226 e. The number of benzene rings is 1. The lowest BCUT2D eigenvalue weighted by Gasteiger charge is -2.26. The van der Waals surface area contributed by atoms with Crippen molar-refractivity contribution in [2.45, 2.75) is 12.0 Å². The number of halogens is 2. The zero-order valence-corrected chi connectivity index (χ0v) is 14.9. The number of nitrogens with zero attached hydrogens (tertiary/aromatic N) is 4. The van der Waals surface area contributed by atoms with E-state index < -0.39 is 5.54 Å². The standard InChI is InChI=1S/C17H17Cl2N5/c1-24(2)13-5-3-11(4-6-13)12-7-9-17(20,10-8-12)14-21-15(18)23-16(19)22-14/h3-9H,10,20H2,1-2H3. The summed E-state index contributed by atoms with van der Waals surface area (Å²) >= 11 is 11.7. The van der Waals surface area contributed by atoms with Crippen molar-refractivity contribution in [1.29, 1.82) is 0 Å². The average Bonchev–Trinajstić information content (AvgIpc) is 2.55.